The lowest BCUT2D eigenvalue weighted by molar-refractivity contribution is -0.146. The van der Waals surface area contributed by atoms with Crippen molar-refractivity contribution in [3.63, 3.8) is 0 Å². The normalized spacial score (nSPS) is 11.5. The first kappa shape index (κ1) is 66.5. The van der Waals surface area contributed by atoms with E-state index in [1.165, 1.54) is 141 Å². The standard InChI is InChI=1S/C54H106O14/c1-3-5-7-9-11-13-15-17-19-21-23-25-27-29-53(55)67-51-49-65-47-45-63-43-41-61-39-37-59-35-33-57-31-32-58-34-36-60-38-40-62-42-44-64-46-48-66-50-52-68-54(56)30-28-26-24-22-20-18-16-14-12-10-8-6-4-2/h3-52H2,1-2H3. The van der Waals surface area contributed by atoms with Crippen molar-refractivity contribution in [3.05, 3.63) is 0 Å². The fourth-order valence-electron chi connectivity index (χ4n) is 7.23. The Morgan fingerprint density at radius 3 is 0.529 bits per heavy atom. The molecule has 0 bridgehead atoms. The molecule has 0 heterocycles. The third-order valence-electron chi connectivity index (χ3n) is 11.3. The molecule has 0 aromatic heterocycles. The number of unbranched alkanes of at least 4 members (excludes halogenated alkanes) is 24. The van der Waals surface area contributed by atoms with Gasteiger partial charge in [-0.2, -0.15) is 0 Å². The highest BCUT2D eigenvalue weighted by atomic mass is 16.6. The number of carbonyl (C=O) groups is 2. The summed E-state index contributed by atoms with van der Waals surface area (Å²) < 4.78 is 65.7. The zero-order valence-electron chi connectivity index (χ0n) is 44.1. The highest BCUT2D eigenvalue weighted by Gasteiger charge is 2.05. The molecule has 0 N–H and O–H groups in total. The number of hydrogen-bond donors (Lipinski definition) is 0. The van der Waals surface area contributed by atoms with Gasteiger partial charge in [-0.1, -0.05) is 168 Å². The Labute approximate surface area is 416 Å². The first-order chi connectivity index (χ1) is 33.7. The predicted molar refractivity (Wildman–Crippen MR) is 271 cm³/mol. The van der Waals surface area contributed by atoms with Gasteiger partial charge in [0.15, 0.2) is 0 Å². The van der Waals surface area contributed by atoms with Crippen molar-refractivity contribution < 1.29 is 66.4 Å². The lowest BCUT2D eigenvalue weighted by atomic mass is 10.0. The van der Waals surface area contributed by atoms with Crippen LogP contribution in [0.4, 0.5) is 0 Å². The van der Waals surface area contributed by atoms with Crippen LogP contribution in [0, 0.1) is 0 Å². The summed E-state index contributed by atoms with van der Waals surface area (Å²) in [5.41, 5.74) is 0. The summed E-state index contributed by atoms with van der Waals surface area (Å²) in [6.07, 6.45) is 34.6. The fourth-order valence-corrected chi connectivity index (χ4v) is 7.23. The molecule has 0 amide bonds. The lowest BCUT2D eigenvalue weighted by Gasteiger charge is -2.09. The molecule has 0 atom stereocenters. The molecular formula is C54H106O14. The molecule has 0 aromatic carbocycles. The van der Waals surface area contributed by atoms with Gasteiger partial charge in [0, 0.05) is 12.8 Å². The minimum atomic E-state index is -0.134. The van der Waals surface area contributed by atoms with Crippen LogP contribution in [0.1, 0.15) is 194 Å². The van der Waals surface area contributed by atoms with Gasteiger partial charge >= 0.3 is 11.9 Å². The highest BCUT2D eigenvalue weighted by molar-refractivity contribution is 5.69. The maximum atomic E-state index is 11.9. The highest BCUT2D eigenvalue weighted by Crippen LogP contribution is 2.14. The maximum absolute atomic E-state index is 11.9. The van der Waals surface area contributed by atoms with Crippen LogP contribution < -0.4 is 0 Å². The number of carbonyl (C=O) groups excluding carboxylic acids is 2. The molecule has 0 aromatic rings. The molecule has 0 spiro atoms. The molecule has 0 rings (SSSR count). The molecular weight excluding hydrogens is 873 g/mol. The van der Waals surface area contributed by atoms with Gasteiger partial charge < -0.3 is 56.8 Å². The Bertz CT molecular complexity index is 887. The van der Waals surface area contributed by atoms with Gasteiger partial charge in [0.1, 0.15) is 13.2 Å². The summed E-state index contributed by atoms with van der Waals surface area (Å²) >= 11 is 0. The molecule has 0 unspecified atom stereocenters. The Morgan fingerprint density at radius 1 is 0.206 bits per heavy atom. The average Bonchev–Trinajstić information content (AvgIpc) is 3.34. The van der Waals surface area contributed by atoms with Crippen molar-refractivity contribution in [3.8, 4) is 0 Å². The molecule has 0 aliphatic carbocycles. The average molecular weight is 979 g/mol. The minimum Gasteiger partial charge on any atom is -0.463 e. The second-order valence-electron chi connectivity index (χ2n) is 17.5. The van der Waals surface area contributed by atoms with E-state index in [2.05, 4.69) is 13.8 Å². The maximum Gasteiger partial charge on any atom is 0.305 e. The summed E-state index contributed by atoms with van der Waals surface area (Å²) in [6.45, 7) is 14.5. The van der Waals surface area contributed by atoms with Gasteiger partial charge in [0.25, 0.3) is 0 Å². The van der Waals surface area contributed by atoms with E-state index in [1.54, 1.807) is 0 Å². The van der Waals surface area contributed by atoms with Crippen LogP contribution in [0.5, 0.6) is 0 Å². The first-order valence-electron chi connectivity index (χ1n) is 27.8. The van der Waals surface area contributed by atoms with Crippen LogP contribution >= 0.6 is 0 Å². The predicted octanol–water partition coefficient (Wildman–Crippen LogP) is 11.2. The SMILES string of the molecule is CCCCCCCCCCCCCCCC(=O)OCCOCCOCCOCCOCCOCCOCCOCCOCCOCCOCCOC(=O)CCCCCCCCCCCCCCC. The molecule has 0 aliphatic rings. The monoisotopic (exact) mass is 979 g/mol. The van der Waals surface area contributed by atoms with Crippen LogP contribution in [0.3, 0.4) is 0 Å². The van der Waals surface area contributed by atoms with Gasteiger partial charge in [-0.05, 0) is 12.8 Å². The molecule has 68 heavy (non-hydrogen) atoms. The molecule has 0 saturated carbocycles. The van der Waals surface area contributed by atoms with E-state index < -0.39 is 0 Å². The first-order valence-corrected chi connectivity index (χ1v) is 27.8. The number of hydrogen-bond acceptors (Lipinski definition) is 14. The van der Waals surface area contributed by atoms with Gasteiger partial charge in [-0.15, -0.1) is 0 Å². The number of ether oxygens (including phenoxy) is 12. The second kappa shape index (κ2) is 61.7. The lowest BCUT2D eigenvalue weighted by Crippen LogP contribution is -2.16. The van der Waals surface area contributed by atoms with E-state index in [0.29, 0.717) is 145 Å². The quantitative estimate of drug-likeness (QED) is 0.0421. The van der Waals surface area contributed by atoms with Crippen LogP contribution in [0.15, 0.2) is 0 Å². The summed E-state index contributed by atoms with van der Waals surface area (Å²) in [5, 5.41) is 0. The van der Waals surface area contributed by atoms with E-state index in [9.17, 15) is 9.59 Å². The van der Waals surface area contributed by atoms with Crippen LogP contribution in [-0.2, 0) is 66.4 Å². The Morgan fingerprint density at radius 2 is 0.353 bits per heavy atom. The second-order valence-corrected chi connectivity index (χ2v) is 17.5. The third kappa shape index (κ3) is 60.7. The van der Waals surface area contributed by atoms with Gasteiger partial charge in [0.05, 0.1) is 132 Å². The van der Waals surface area contributed by atoms with Crippen LogP contribution in [-0.4, -0.2) is 157 Å². The van der Waals surface area contributed by atoms with E-state index in [-0.39, 0.29) is 25.2 Å². The largest absolute Gasteiger partial charge is 0.463 e. The van der Waals surface area contributed by atoms with Crippen molar-refractivity contribution in [2.75, 3.05) is 145 Å². The van der Waals surface area contributed by atoms with E-state index in [1.807, 2.05) is 0 Å². The molecule has 0 radical (unpaired) electrons. The Hall–Kier alpha value is -1.46. The summed E-state index contributed by atoms with van der Waals surface area (Å²) in [4.78, 5) is 23.8. The van der Waals surface area contributed by atoms with E-state index >= 15 is 0 Å². The van der Waals surface area contributed by atoms with Crippen LogP contribution in [0.25, 0.3) is 0 Å². The summed E-state index contributed by atoms with van der Waals surface area (Å²) in [5.74, 6) is -0.268. The Balaban J connectivity index is 3.16. The number of esters is 2. The minimum absolute atomic E-state index is 0.134. The zero-order chi connectivity index (χ0) is 49.0. The van der Waals surface area contributed by atoms with Gasteiger partial charge in [-0.25, -0.2) is 0 Å². The van der Waals surface area contributed by atoms with Gasteiger partial charge in [0.2, 0.25) is 0 Å². The third-order valence-corrected chi connectivity index (χ3v) is 11.3. The van der Waals surface area contributed by atoms with Crippen LogP contribution in [0.2, 0.25) is 0 Å². The molecule has 0 saturated heterocycles. The van der Waals surface area contributed by atoms with E-state index in [4.69, 9.17) is 56.8 Å². The van der Waals surface area contributed by atoms with E-state index in [0.717, 1.165) is 25.7 Å². The molecule has 14 heteroatoms. The molecule has 14 nitrogen and oxygen atoms in total. The molecule has 0 aliphatic heterocycles. The smallest absolute Gasteiger partial charge is 0.305 e. The summed E-state index contributed by atoms with van der Waals surface area (Å²) in [7, 11) is 0. The topological polar surface area (TPSA) is 145 Å². The molecule has 0 fully saturated rings. The van der Waals surface area contributed by atoms with Gasteiger partial charge in [-0.3, -0.25) is 9.59 Å². The number of rotatable bonds is 61. The Kier molecular flexibility index (Phi) is 60.3. The zero-order valence-corrected chi connectivity index (χ0v) is 44.1. The van der Waals surface area contributed by atoms with Crippen molar-refractivity contribution in [2.24, 2.45) is 0 Å². The van der Waals surface area contributed by atoms with Crippen molar-refractivity contribution in [1.82, 2.24) is 0 Å². The summed E-state index contributed by atoms with van der Waals surface area (Å²) in [6, 6.07) is 0. The fraction of sp³-hybridized carbons (Fsp3) is 0.963. The van der Waals surface area contributed by atoms with Crippen molar-refractivity contribution in [2.45, 2.75) is 194 Å². The van der Waals surface area contributed by atoms with Crippen molar-refractivity contribution >= 4 is 11.9 Å². The van der Waals surface area contributed by atoms with Crippen molar-refractivity contribution in [1.29, 1.82) is 0 Å². The molecule has 406 valence electrons.